The summed E-state index contributed by atoms with van der Waals surface area (Å²) in [5, 5.41) is 7.54. The molecular weight excluding hydrogens is 130 g/mol. The fraction of sp³-hybridized carbons (Fsp3) is 0. The summed E-state index contributed by atoms with van der Waals surface area (Å²) in [6.45, 7) is 0. The maximum Gasteiger partial charge on any atom is 0.370 e. The van der Waals surface area contributed by atoms with Crippen molar-refractivity contribution in [2.24, 2.45) is 0 Å². The summed E-state index contributed by atoms with van der Waals surface area (Å²) in [6, 6.07) is 0. The Morgan fingerprint density at radius 3 is 2.71 bits per heavy atom. The molecule has 0 aliphatic carbocycles. The molecule has 1 rings (SSSR count). The number of nitrogens with zero attached hydrogens (tertiary/aromatic N) is 2. The molecule has 0 saturated heterocycles. The number of nitrogens with two attached hydrogens (primary N) is 1. The molecule has 1 aromatic rings. The highest BCUT2D eigenvalue weighted by Gasteiger charge is 2.04. The molecule has 0 spiro atoms. The monoisotopic (exact) mass is 134 g/mol. The lowest BCUT2D eigenvalue weighted by atomic mass is 11.3. The molecular formula is C2H4N3S2+. The Hall–Kier alpha value is -0.290. The second-order valence-electron chi connectivity index (χ2n) is 0.974. The van der Waals surface area contributed by atoms with Gasteiger partial charge in [0.1, 0.15) is 21.2 Å². The van der Waals surface area contributed by atoms with Gasteiger partial charge in [0, 0.05) is 0 Å². The van der Waals surface area contributed by atoms with Crippen molar-refractivity contribution in [2.45, 2.75) is 0 Å². The van der Waals surface area contributed by atoms with E-state index in [1.807, 2.05) is 0 Å². The Balaban J connectivity index is 3.12. The second kappa shape index (κ2) is 1.67. The molecule has 0 aromatic carbocycles. The van der Waals surface area contributed by atoms with Gasteiger partial charge in [0.05, 0.1) is 0 Å². The van der Waals surface area contributed by atoms with Crippen LogP contribution in [0.2, 0.25) is 0 Å². The Bertz CT molecular complexity index is 143. The van der Waals surface area contributed by atoms with Crippen LogP contribution >= 0.6 is 21.2 Å². The number of hydrogen-bond acceptors (Lipinski definition) is 4. The minimum Gasteiger partial charge on any atom is -0.337 e. The summed E-state index contributed by atoms with van der Waals surface area (Å²) in [5.41, 5.74) is 6.85. The number of aromatic nitrogens is 2. The van der Waals surface area contributed by atoms with E-state index in [9.17, 15) is 0 Å². The highest BCUT2D eigenvalue weighted by atomic mass is 33.1. The fourth-order valence-corrected chi connectivity index (χ4v) is 0.832. The Labute approximate surface area is 48.3 Å². The molecule has 7 heavy (non-hydrogen) atoms. The predicted molar refractivity (Wildman–Crippen MR) is 33.3 cm³/mol. The van der Waals surface area contributed by atoms with Gasteiger partial charge < -0.3 is 5.73 Å². The molecule has 38 valence electrons. The quantitative estimate of drug-likeness (QED) is 0.308. The molecule has 0 radical (unpaired) electrons. The third-order valence-corrected chi connectivity index (χ3v) is 2.17. The van der Waals surface area contributed by atoms with Gasteiger partial charge in [0.25, 0.3) is 5.51 Å². The van der Waals surface area contributed by atoms with E-state index in [0.29, 0.717) is 5.13 Å². The summed E-state index contributed by atoms with van der Waals surface area (Å²) >= 11 is 4.01. The zero-order valence-corrected chi connectivity index (χ0v) is 5.12. The van der Waals surface area contributed by atoms with Gasteiger partial charge in [0.15, 0.2) is 0 Å². The van der Waals surface area contributed by atoms with E-state index in [4.69, 9.17) is 5.73 Å². The maximum absolute atomic E-state index is 5.24. The molecule has 5 heteroatoms. The molecule has 1 heterocycles. The van der Waals surface area contributed by atoms with Crippen molar-refractivity contribution in [3.05, 3.63) is 5.51 Å². The third-order valence-electron chi connectivity index (χ3n) is 0.518. The average molecular weight is 134 g/mol. The minimum absolute atomic E-state index is 0.287. The maximum atomic E-state index is 5.24. The summed E-state index contributed by atoms with van der Waals surface area (Å²) < 4.78 is 0. The van der Waals surface area contributed by atoms with Gasteiger partial charge in [-0.2, -0.15) is 0 Å². The first-order valence-corrected chi connectivity index (χ1v) is 3.93. The lowest BCUT2D eigenvalue weighted by Gasteiger charge is -1.64. The first kappa shape index (κ1) is 4.86. The SMILES string of the molecule is Nc1nnc[s+]1S. The van der Waals surface area contributed by atoms with Crippen LogP contribution < -0.4 is 5.73 Å². The highest BCUT2D eigenvalue weighted by Crippen LogP contribution is 2.25. The molecule has 1 aromatic heterocycles. The van der Waals surface area contributed by atoms with Crippen LogP contribution in [0.1, 0.15) is 0 Å². The van der Waals surface area contributed by atoms with Gasteiger partial charge in [-0.3, -0.25) is 0 Å². The van der Waals surface area contributed by atoms with Crippen LogP contribution in [-0.4, -0.2) is 10.2 Å². The minimum atomic E-state index is -0.287. The molecule has 0 amide bonds. The lowest BCUT2D eigenvalue weighted by molar-refractivity contribution is 1.10. The first-order chi connectivity index (χ1) is 3.30. The molecule has 0 bridgehead atoms. The van der Waals surface area contributed by atoms with Crippen molar-refractivity contribution in [3.63, 3.8) is 0 Å². The Morgan fingerprint density at radius 1 is 1.86 bits per heavy atom. The predicted octanol–water partition coefficient (Wildman–Crippen LogP) is 0.501. The van der Waals surface area contributed by atoms with Crippen LogP contribution in [0.3, 0.4) is 0 Å². The Kier molecular flexibility index (Phi) is 1.16. The van der Waals surface area contributed by atoms with Crippen molar-refractivity contribution in [1.82, 2.24) is 10.2 Å². The van der Waals surface area contributed by atoms with E-state index in [2.05, 4.69) is 21.9 Å². The lowest BCUT2D eigenvalue weighted by Crippen LogP contribution is -1.80. The van der Waals surface area contributed by atoms with Crippen LogP contribution in [0.15, 0.2) is 5.51 Å². The van der Waals surface area contributed by atoms with E-state index >= 15 is 0 Å². The van der Waals surface area contributed by atoms with Crippen molar-refractivity contribution < 1.29 is 0 Å². The van der Waals surface area contributed by atoms with Crippen molar-refractivity contribution in [3.8, 4) is 0 Å². The molecule has 2 N–H and O–H groups in total. The van der Waals surface area contributed by atoms with E-state index in [1.165, 1.54) is 0 Å². The topological polar surface area (TPSA) is 51.8 Å². The third kappa shape index (κ3) is 0.834. The van der Waals surface area contributed by atoms with Gasteiger partial charge in [-0.05, 0) is 0 Å². The largest absolute Gasteiger partial charge is 0.370 e. The van der Waals surface area contributed by atoms with Crippen molar-refractivity contribution in [2.75, 3.05) is 5.73 Å². The van der Waals surface area contributed by atoms with Crippen molar-refractivity contribution in [1.29, 1.82) is 0 Å². The average Bonchev–Trinajstić information content (AvgIpc) is 1.91. The molecule has 0 saturated carbocycles. The smallest absolute Gasteiger partial charge is 0.337 e. The Morgan fingerprint density at radius 2 is 2.57 bits per heavy atom. The number of nitrogen functional groups attached to an aromatic ring is 1. The number of thiol groups is 1. The first-order valence-electron chi connectivity index (χ1n) is 1.59. The second-order valence-corrected chi connectivity index (χ2v) is 3.41. The van der Waals surface area contributed by atoms with Gasteiger partial charge in [-0.15, -0.1) is 0 Å². The van der Waals surface area contributed by atoms with Gasteiger partial charge in [0.2, 0.25) is 0 Å². The zero-order valence-electron chi connectivity index (χ0n) is 3.40. The fourth-order valence-electron chi connectivity index (χ4n) is 0.221. The van der Waals surface area contributed by atoms with Gasteiger partial charge in [-0.25, -0.2) is 0 Å². The van der Waals surface area contributed by atoms with Crippen LogP contribution in [-0.2, 0) is 0 Å². The van der Waals surface area contributed by atoms with Gasteiger partial charge >= 0.3 is 5.13 Å². The van der Waals surface area contributed by atoms with Crippen molar-refractivity contribution >= 4 is 26.3 Å². The van der Waals surface area contributed by atoms with E-state index in [0.717, 1.165) is 0 Å². The molecule has 1 atom stereocenters. The molecule has 0 aliphatic heterocycles. The van der Waals surface area contributed by atoms with Crippen LogP contribution in [0.25, 0.3) is 0 Å². The number of anilines is 1. The van der Waals surface area contributed by atoms with E-state index < -0.39 is 0 Å². The summed E-state index contributed by atoms with van der Waals surface area (Å²) in [4.78, 5) is 0. The molecule has 0 aliphatic rings. The van der Waals surface area contributed by atoms with Crippen LogP contribution in [0.4, 0.5) is 5.13 Å². The molecule has 0 fully saturated rings. The number of hydrogen-bond donors (Lipinski definition) is 2. The molecule has 1 unspecified atom stereocenters. The van der Waals surface area contributed by atoms with Gasteiger partial charge in [-0.1, -0.05) is 10.2 Å². The highest BCUT2D eigenvalue weighted by molar-refractivity contribution is 8.34. The van der Waals surface area contributed by atoms with Crippen LogP contribution in [0, 0.1) is 0 Å². The van der Waals surface area contributed by atoms with E-state index in [-0.39, 0.29) is 9.50 Å². The van der Waals surface area contributed by atoms with Crippen LogP contribution in [0.5, 0.6) is 0 Å². The summed E-state index contributed by atoms with van der Waals surface area (Å²) in [7, 11) is -0.287. The molecule has 3 nitrogen and oxygen atoms in total. The standard InChI is InChI=1S/C2H4N3S2/c3-2-5-4-1-7(2)6/h1,6H,(H2,3,5)/q+1. The zero-order chi connectivity index (χ0) is 5.28. The van der Waals surface area contributed by atoms with E-state index in [1.54, 1.807) is 5.51 Å². The number of rotatable bonds is 0. The summed E-state index contributed by atoms with van der Waals surface area (Å²) in [5.74, 6) is 0. The normalized spacial score (nSPS) is 11.9. The summed E-state index contributed by atoms with van der Waals surface area (Å²) in [6.07, 6.45) is 0.